The Balaban J connectivity index is 0.00000169. The number of benzene rings is 1. The van der Waals surface area contributed by atoms with Crippen molar-refractivity contribution in [1.82, 2.24) is 0 Å². The van der Waals surface area contributed by atoms with Gasteiger partial charge in [-0.15, -0.1) is 5.46 Å². The minimum absolute atomic E-state index is 0. The van der Waals surface area contributed by atoms with Gasteiger partial charge in [0, 0.05) is 0 Å². The Morgan fingerprint density at radius 3 is 2.14 bits per heavy atom. The average molecular weight is 226 g/mol. The molecule has 0 saturated heterocycles. The van der Waals surface area contributed by atoms with E-state index in [1.165, 1.54) is 19.1 Å². The number of hydrogen-bond acceptors (Lipinski definition) is 0. The Morgan fingerprint density at radius 1 is 1.21 bits per heavy atom. The fraction of sp³-hybridized carbons (Fsp3) is 0.333. The zero-order valence-corrected chi connectivity index (χ0v) is 11.8. The molecular formula is C9H11BF3K. The summed E-state index contributed by atoms with van der Waals surface area (Å²) in [5, 5.41) is 0. The Morgan fingerprint density at radius 2 is 1.79 bits per heavy atom. The molecule has 0 heterocycles. The van der Waals surface area contributed by atoms with Crippen molar-refractivity contribution < 1.29 is 64.3 Å². The van der Waals surface area contributed by atoms with E-state index < -0.39 is 12.4 Å². The first-order valence-electron chi connectivity index (χ1n) is 4.24. The molecule has 0 aliphatic heterocycles. The van der Waals surface area contributed by atoms with E-state index >= 15 is 0 Å². The molecule has 72 valence electrons. The topological polar surface area (TPSA) is 0 Å². The molecule has 1 aromatic carbocycles. The molecule has 0 nitrogen and oxygen atoms in total. The van der Waals surface area contributed by atoms with Crippen LogP contribution in [0.5, 0.6) is 0 Å². The molecule has 0 radical (unpaired) electrons. The van der Waals surface area contributed by atoms with E-state index in [1.807, 2.05) is 6.92 Å². The summed E-state index contributed by atoms with van der Waals surface area (Å²) in [5.41, 5.74) is 0.797. The molecule has 0 amide bonds. The third-order valence-electron chi connectivity index (χ3n) is 2.10. The summed E-state index contributed by atoms with van der Waals surface area (Å²) in [4.78, 5) is 0. The quantitative estimate of drug-likeness (QED) is 0.603. The number of rotatable bonds is 2. The van der Waals surface area contributed by atoms with Crippen LogP contribution < -0.4 is 56.8 Å². The normalized spacial score (nSPS) is 10.9. The number of halogens is 3. The van der Waals surface area contributed by atoms with Crippen LogP contribution in [-0.4, -0.2) is 6.98 Å². The van der Waals surface area contributed by atoms with E-state index in [0.717, 1.165) is 12.0 Å². The van der Waals surface area contributed by atoms with Crippen molar-refractivity contribution in [2.24, 2.45) is 0 Å². The Bertz CT molecular complexity index is 309. The molecule has 0 bridgehead atoms. The molecule has 0 unspecified atom stereocenters. The van der Waals surface area contributed by atoms with Crippen molar-refractivity contribution in [2.75, 3.05) is 0 Å². The summed E-state index contributed by atoms with van der Waals surface area (Å²) in [7, 11) is 0. The van der Waals surface area contributed by atoms with Crippen molar-refractivity contribution in [3.8, 4) is 0 Å². The maximum Gasteiger partial charge on any atom is 1.00 e. The number of aryl methyl sites for hydroxylation is 2. The summed E-state index contributed by atoms with van der Waals surface area (Å²) < 4.78 is 37.0. The van der Waals surface area contributed by atoms with Crippen LogP contribution in [0.1, 0.15) is 18.1 Å². The van der Waals surface area contributed by atoms with E-state index in [9.17, 15) is 12.9 Å². The predicted molar refractivity (Wildman–Crippen MR) is 49.3 cm³/mol. The Hall–Kier alpha value is 0.711. The second-order valence-corrected chi connectivity index (χ2v) is 3.12. The van der Waals surface area contributed by atoms with Crippen LogP contribution in [0.2, 0.25) is 0 Å². The molecular weight excluding hydrogens is 215 g/mol. The summed E-state index contributed by atoms with van der Waals surface area (Å²) in [6, 6.07) is 4.32. The van der Waals surface area contributed by atoms with Gasteiger partial charge in [0.05, 0.1) is 0 Å². The molecule has 0 aliphatic carbocycles. The van der Waals surface area contributed by atoms with Gasteiger partial charge in [0.15, 0.2) is 0 Å². The van der Waals surface area contributed by atoms with Gasteiger partial charge >= 0.3 is 58.4 Å². The van der Waals surface area contributed by atoms with Crippen LogP contribution >= 0.6 is 0 Å². The van der Waals surface area contributed by atoms with Crippen LogP contribution in [0, 0.1) is 6.92 Å². The van der Waals surface area contributed by atoms with Gasteiger partial charge in [-0.1, -0.05) is 30.7 Å². The van der Waals surface area contributed by atoms with Crippen LogP contribution in [-0.2, 0) is 6.42 Å². The van der Waals surface area contributed by atoms with E-state index in [4.69, 9.17) is 0 Å². The zero-order valence-electron chi connectivity index (χ0n) is 8.65. The van der Waals surface area contributed by atoms with Gasteiger partial charge in [-0.25, -0.2) is 0 Å². The Labute approximate surface area is 125 Å². The van der Waals surface area contributed by atoms with Crippen molar-refractivity contribution in [2.45, 2.75) is 20.3 Å². The first kappa shape index (κ1) is 14.7. The van der Waals surface area contributed by atoms with Crippen LogP contribution in [0.4, 0.5) is 12.9 Å². The van der Waals surface area contributed by atoms with E-state index in [-0.39, 0.29) is 51.4 Å². The van der Waals surface area contributed by atoms with Crippen LogP contribution in [0.3, 0.4) is 0 Å². The second-order valence-electron chi connectivity index (χ2n) is 3.12. The minimum Gasteiger partial charge on any atom is -0.445 e. The maximum atomic E-state index is 12.3. The summed E-state index contributed by atoms with van der Waals surface area (Å²) in [6.45, 7) is -1.42. The molecule has 1 rings (SSSR count). The van der Waals surface area contributed by atoms with Crippen LogP contribution in [0.25, 0.3) is 0 Å². The second kappa shape index (κ2) is 5.70. The van der Waals surface area contributed by atoms with Gasteiger partial charge in [-0.3, -0.25) is 0 Å². The van der Waals surface area contributed by atoms with Crippen molar-refractivity contribution in [3.63, 3.8) is 0 Å². The molecule has 0 aromatic heterocycles. The van der Waals surface area contributed by atoms with Gasteiger partial charge in [-0.05, 0) is 18.9 Å². The van der Waals surface area contributed by atoms with Gasteiger partial charge in [0.25, 0.3) is 0 Å². The molecule has 0 aliphatic rings. The SMILES string of the molecule is CCc1ccc([B-](F)(F)F)c(C)c1.[K+]. The van der Waals surface area contributed by atoms with Crippen LogP contribution in [0.15, 0.2) is 18.2 Å². The third kappa shape index (κ3) is 3.70. The molecule has 5 heteroatoms. The smallest absolute Gasteiger partial charge is 0.445 e. The zero-order chi connectivity index (χ0) is 10.1. The summed E-state index contributed by atoms with van der Waals surface area (Å²) in [5.74, 6) is 0. The van der Waals surface area contributed by atoms with Crippen molar-refractivity contribution in [3.05, 3.63) is 29.3 Å². The molecule has 0 fully saturated rings. The molecule has 0 spiro atoms. The summed E-state index contributed by atoms with van der Waals surface area (Å²) in [6.07, 6.45) is 0.770. The molecule has 1 aromatic rings. The first-order valence-corrected chi connectivity index (χ1v) is 4.24. The van der Waals surface area contributed by atoms with Gasteiger partial charge in [-0.2, -0.15) is 0 Å². The molecule has 0 atom stereocenters. The first-order chi connectivity index (χ1) is 5.95. The Kier molecular flexibility index (Phi) is 5.99. The van der Waals surface area contributed by atoms with Gasteiger partial charge in [0.1, 0.15) is 0 Å². The monoisotopic (exact) mass is 226 g/mol. The largest absolute Gasteiger partial charge is 1.00 e. The fourth-order valence-electron chi connectivity index (χ4n) is 1.32. The van der Waals surface area contributed by atoms with E-state index in [0.29, 0.717) is 5.56 Å². The summed E-state index contributed by atoms with van der Waals surface area (Å²) >= 11 is 0. The number of hydrogen-bond donors (Lipinski definition) is 0. The standard InChI is InChI=1S/C9H11BF3.K/c1-3-8-4-5-9(7(2)6-8)10(11,12)13;/h4-6H,3H2,1-2H3;/q-1;+1. The van der Waals surface area contributed by atoms with Gasteiger partial charge < -0.3 is 12.9 Å². The maximum absolute atomic E-state index is 12.3. The van der Waals surface area contributed by atoms with E-state index in [1.54, 1.807) is 6.07 Å². The minimum atomic E-state index is -4.85. The molecule has 0 saturated carbocycles. The van der Waals surface area contributed by atoms with E-state index in [2.05, 4.69) is 0 Å². The molecule has 14 heavy (non-hydrogen) atoms. The average Bonchev–Trinajstić information content (AvgIpc) is 2.01. The third-order valence-corrected chi connectivity index (χ3v) is 2.10. The fourth-order valence-corrected chi connectivity index (χ4v) is 1.32. The molecule has 0 N–H and O–H groups in total. The van der Waals surface area contributed by atoms with Crippen molar-refractivity contribution >= 4 is 12.4 Å². The van der Waals surface area contributed by atoms with Gasteiger partial charge in [0.2, 0.25) is 0 Å². The van der Waals surface area contributed by atoms with Crippen molar-refractivity contribution in [1.29, 1.82) is 0 Å². The predicted octanol–water partition coefficient (Wildman–Crippen LogP) is -0.384.